The molecule has 1 aliphatic rings. The molecule has 1 saturated carbocycles. The van der Waals surface area contributed by atoms with Crippen molar-refractivity contribution in [3.05, 3.63) is 54.0 Å². The number of pyridine rings is 2. The Hall–Kier alpha value is -1.88. The van der Waals surface area contributed by atoms with Gasteiger partial charge in [0, 0.05) is 17.6 Å². The number of aromatic nitrogens is 2. The zero-order valence-corrected chi connectivity index (χ0v) is 14.1. The van der Waals surface area contributed by atoms with Gasteiger partial charge in [-0.15, -0.1) is 11.8 Å². The van der Waals surface area contributed by atoms with E-state index in [0.717, 1.165) is 10.7 Å². The maximum atomic E-state index is 12.6. The van der Waals surface area contributed by atoms with E-state index in [-0.39, 0.29) is 11.9 Å². The van der Waals surface area contributed by atoms with Crippen molar-refractivity contribution < 1.29 is 4.79 Å². The molecule has 3 rings (SSSR count). The maximum absolute atomic E-state index is 12.6. The Morgan fingerprint density at radius 1 is 1.17 bits per heavy atom. The van der Waals surface area contributed by atoms with Crippen molar-refractivity contribution >= 4 is 17.7 Å². The highest BCUT2D eigenvalue weighted by Gasteiger charge is 2.21. The van der Waals surface area contributed by atoms with Crippen LogP contribution in [-0.4, -0.2) is 21.1 Å². The van der Waals surface area contributed by atoms with Crippen LogP contribution in [0.25, 0.3) is 0 Å². The summed E-state index contributed by atoms with van der Waals surface area (Å²) in [6, 6.07) is 9.26. The van der Waals surface area contributed by atoms with Crippen LogP contribution >= 0.6 is 11.8 Å². The van der Waals surface area contributed by atoms with Crippen LogP contribution in [0, 0.1) is 0 Å². The van der Waals surface area contributed by atoms with E-state index in [4.69, 9.17) is 0 Å². The molecule has 1 N–H and O–H groups in total. The minimum atomic E-state index is -0.131. The van der Waals surface area contributed by atoms with E-state index >= 15 is 0 Å². The molecule has 5 heteroatoms. The van der Waals surface area contributed by atoms with Gasteiger partial charge in [-0.1, -0.05) is 18.9 Å². The summed E-state index contributed by atoms with van der Waals surface area (Å²) in [5.74, 6) is -0.0863. The summed E-state index contributed by atoms with van der Waals surface area (Å²) in [5.41, 5.74) is 1.52. The molecule has 2 heterocycles. The van der Waals surface area contributed by atoms with Gasteiger partial charge in [0.2, 0.25) is 0 Å². The first-order chi connectivity index (χ1) is 11.2. The van der Waals surface area contributed by atoms with Gasteiger partial charge in [0.25, 0.3) is 5.91 Å². The Labute approximate surface area is 141 Å². The molecular weight excluding hydrogens is 306 g/mol. The van der Waals surface area contributed by atoms with Gasteiger partial charge < -0.3 is 5.32 Å². The normalized spacial score (nSPS) is 16.2. The number of rotatable bonds is 5. The van der Waals surface area contributed by atoms with E-state index in [1.54, 1.807) is 24.2 Å². The summed E-state index contributed by atoms with van der Waals surface area (Å²) in [7, 11) is 0. The molecule has 1 atom stereocenters. The first-order valence-electron chi connectivity index (χ1n) is 8.07. The minimum Gasteiger partial charge on any atom is -0.344 e. The first-order valence-corrected chi connectivity index (χ1v) is 8.95. The fraction of sp³-hybridized carbons (Fsp3) is 0.389. The van der Waals surface area contributed by atoms with E-state index in [2.05, 4.69) is 15.3 Å². The van der Waals surface area contributed by atoms with Crippen LogP contribution in [0.4, 0.5) is 0 Å². The highest BCUT2D eigenvalue weighted by molar-refractivity contribution is 7.99. The molecule has 2 aromatic heterocycles. The van der Waals surface area contributed by atoms with Crippen LogP contribution in [0.2, 0.25) is 0 Å². The Bertz CT molecular complexity index is 656. The van der Waals surface area contributed by atoms with Gasteiger partial charge in [-0.3, -0.25) is 9.78 Å². The van der Waals surface area contributed by atoms with Crippen LogP contribution < -0.4 is 5.32 Å². The molecule has 0 aliphatic heterocycles. The third-order valence-electron chi connectivity index (χ3n) is 4.08. The molecule has 0 aromatic carbocycles. The lowest BCUT2D eigenvalue weighted by atomic mass is 10.2. The molecule has 1 fully saturated rings. The minimum absolute atomic E-state index is 0.0863. The molecule has 4 nitrogen and oxygen atoms in total. The second-order valence-corrected chi connectivity index (χ2v) is 7.12. The zero-order valence-electron chi connectivity index (χ0n) is 13.2. The third kappa shape index (κ3) is 4.10. The molecule has 0 spiro atoms. The van der Waals surface area contributed by atoms with Gasteiger partial charge >= 0.3 is 0 Å². The number of nitrogens with one attached hydrogen (secondary N) is 1. The molecule has 1 aliphatic carbocycles. The van der Waals surface area contributed by atoms with E-state index in [9.17, 15) is 4.79 Å². The molecule has 0 bridgehead atoms. The van der Waals surface area contributed by atoms with Gasteiger partial charge in [-0.2, -0.15) is 0 Å². The smallest absolute Gasteiger partial charge is 0.254 e. The van der Waals surface area contributed by atoms with E-state index in [0.29, 0.717) is 10.8 Å². The van der Waals surface area contributed by atoms with Crippen molar-refractivity contribution in [2.45, 2.75) is 48.9 Å². The number of carbonyl (C=O) groups excluding carboxylic acids is 1. The highest BCUT2D eigenvalue weighted by atomic mass is 32.2. The molecular formula is C18H21N3OS. The fourth-order valence-corrected chi connectivity index (χ4v) is 4.10. The Balaban J connectivity index is 1.71. The monoisotopic (exact) mass is 327 g/mol. The van der Waals surface area contributed by atoms with Crippen LogP contribution in [0.15, 0.2) is 47.8 Å². The number of thioether (sulfide) groups is 1. The first kappa shape index (κ1) is 16.0. The standard InChI is InChI=1S/C18H21N3OS/c1-13(16-10-4-5-11-19-16)21-17(22)15-9-6-12-20-18(15)23-14-7-2-3-8-14/h4-6,9-14H,2-3,7-8H2,1H3,(H,21,22)/t13-/m1/s1. The lowest BCUT2D eigenvalue weighted by Gasteiger charge is -2.15. The highest BCUT2D eigenvalue weighted by Crippen LogP contribution is 2.35. The van der Waals surface area contributed by atoms with Gasteiger partial charge in [-0.25, -0.2) is 4.98 Å². The van der Waals surface area contributed by atoms with Crippen molar-refractivity contribution in [2.24, 2.45) is 0 Å². The summed E-state index contributed by atoms with van der Waals surface area (Å²) >= 11 is 1.74. The fourth-order valence-electron chi connectivity index (χ4n) is 2.80. The lowest BCUT2D eigenvalue weighted by Crippen LogP contribution is -2.28. The summed E-state index contributed by atoms with van der Waals surface area (Å²) < 4.78 is 0. The van der Waals surface area contributed by atoms with Crippen molar-refractivity contribution in [3.8, 4) is 0 Å². The second kappa shape index (κ2) is 7.59. The van der Waals surface area contributed by atoms with Crippen LogP contribution in [0.3, 0.4) is 0 Å². The summed E-state index contributed by atoms with van der Waals surface area (Å²) in [6.45, 7) is 1.94. The number of carbonyl (C=O) groups is 1. The second-order valence-electron chi connectivity index (χ2n) is 5.83. The van der Waals surface area contributed by atoms with Gasteiger partial charge in [0.05, 0.1) is 17.3 Å². The average molecular weight is 327 g/mol. The lowest BCUT2D eigenvalue weighted by molar-refractivity contribution is 0.0935. The van der Waals surface area contributed by atoms with Crippen molar-refractivity contribution in [3.63, 3.8) is 0 Å². The van der Waals surface area contributed by atoms with Crippen LogP contribution in [0.5, 0.6) is 0 Å². The number of hydrogen-bond donors (Lipinski definition) is 1. The molecule has 1 amide bonds. The van der Waals surface area contributed by atoms with Crippen molar-refractivity contribution in [2.75, 3.05) is 0 Å². The predicted octanol–water partition coefficient (Wildman–Crippen LogP) is 4.00. The van der Waals surface area contributed by atoms with E-state index < -0.39 is 0 Å². The maximum Gasteiger partial charge on any atom is 0.254 e. The van der Waals surface area contributed by atoms with Gasteiger partial charge in [-0.05, 0) is 44.0 Å². The zero-order chi connectivity index (χ0) is 16.1. The van der Waals surface area contributed by atoms with Crippen molar-refractivity contribution in [1.29, 1.82) is 0 Å². The van der Waals surface area contributed by atoms with Gasteiger partial charge in [0.15, 0.2) is 0 Å². The molecule has 0 radical (unpaired) electrons. The SMILES string of the molecule is C[C@@H](NC(=O)c1cccnc1SC1CCCC1)c1ccccn1. The van der Waals surface area contributed by atoms with Crippen molar-refractivity contribution in [1.82, 2.24) is 15.3 Å². The van der Waals surface area contributed by atoms with Crippen LogP contribution in [-0.2, 0) is 0 Å². The van der Waals surface area contributed by atoms with E-state index in [1.807, 2.05) is 37.3 Å². The predicted molar refractivity (Wildman–Crippen MR) is 92.5 cm³/mol. The largest absolute Gasteiger partial charge is 0.344 e. The number of nitrogens with zero attached hydrogens (tertiary/aromatic N) is 2. The number of hydrogen-bond acceptors (Lipinski definition) is 4. The number of amides is 1. The average Bonchev–Trinajstić information content (AvgIpc) is 3.09. The summed E-state index contributed by atoms with van der Waals surface area (Å²) in [5, 5.41) is 4.45. The molecule has 0 unspecified atom stereocenters. The topological polar surface area (TPSA) is 54.9 Å². The van der Waals surface area contributed by atoms with Gasteiger partial charge in [0.1, 0.15) is 5.03 Å². The Morgan fingerprint density at radius 2 is 1.96 bits per heavy atom. The molecule has 0 saturated heterocycles. The Kier molecular flexibility index (Phi) is 5.28. The summed E-state index contributed by atoms with van der Waals surface area (Å²) in [4.78, 5) is 21.4. The van der Waals surface area contributed by atoms with Crippen LogP contribution in [0.1, 0.15) is 54.7 Å². The third-order valence-corrected chi connectivity index (χ3v) is 5.43. The molecule has 120 valence electrons. The summed E-state index contributed by atoms with van der Waals surface area (Å²) in [6.07, 6.45) is 8.49. The van der Waals surface area contributed by atoms with E-state index in [1.165, 1.54) is 25.7 Å². The molecule has 2 aromatic rings. The Morgan fingerprint density at radius 3 is 2.70 bits per heavy atom. The molecule has 23 heavy (non-hydrogen) atoms. The quantitative estimate of drug-likeness (QED) is 0.902.